The van der Waals surface area contributed by atoms with Crippen LogP contribution in [0.4, 0.5) is 11.4 Å². The lowest BCUT2D eigenvalue weighted by molar-refractivity contribution is 0.0342. The Labute approximate surface area is 169 Å². The van der Waals surface area contributed by atoms with Crippen molar-refractivity contribution >= 4 is 11.4 Å². The minimum Gasteiger partial charge on any atom is -0.399 e. The summed E-state index contributed by atoms with van der Waals surface area (Å²) in [7, 11) is 0. The summed E-state index contributed by atoms with van der Waals surface area (Å²) in [5.74, 6) is 0. The molecule has 2 fully saturated rings. The molecule has 4 N–H and O–H groups in total. The lowest BCUT2D eigenvalue weighted by atomic mass is 10.1. The van der Waals surface area contributed by atoms with E-state index < -0.39 is 0 Å². The van der Waals surface area contributed by atoms with Gasteiger partial charge in [-0.2, -0.15) is 0 Å². The Morgan fingerprint density at radius 2 is 1.04 bits per heavy atom. The highest BCUT2D eigenvalue weighted by molar-refractivity contribution is 5.39. The van der Waals surface area contributed by atoms with Gasteiger partial charge >= 0.3 is 0 Å². The van der Waals surface area contributed by atoms with E-state index in [4.69, 9.17) is 16.2 Å². The molecule has 2 aliphatic heterocycles. The number of ether oxygens (including phenoxy) is 1. The predicted molar refractivity (Wildman–Crippen MR) is 117 cm³/mol. The normalized spacial score (nSPS) is 18.3. The van der Waals surface area contributed by atoms with Gasteiger partial charge in [0.25, 0.3) is 0 Å². The number of piperidine rings is 1. The van der Waals surface area contributed by atoms with E-state index in [-0.39, 0.29) is 0 Å². The summed E-state index contributed by atoms with van der Waals surface area (Å²) in [6, 6.07) is 16.3. The average molecular weight is 383 g/mol. The fourth-order valence-electron chi connectivity index (χ4n) is 3.64. The summed E-state index contributed by atoms with van der Waals surface area (Å²) >= 11 is 0. The first-order valence-corrected chi connectivity index (χ1v) is 10.4. The van der Waals surface area contributed by atoms with E-state index in [9.17, 15) is 0 Å². The summed E-state index contributed by atoms with van der Waals surface area (Å²) in [4.78, 5) is 4.92. The summed E-state index contributed by atoms with van der Waals surface area (Å²) < 4.78 is 5.29. The predicted octanol–water partition coefficient (Wildman–Crippen LogP) is 3.36. The highest BCUT2D eigenvalue weighted by Gasteiger charge is 2.10. The first kappa shape index (κ1) is 20.6. The molecule has 28 heavy (non-hydrogen) atoms. The Bertz CT molecular complexity index is 613. The number of hydrogen-bond donors (Lipinski definition) is 2. The summed E-state index contributed by atoms with van der Waals surface area (Å²) in [6.07, 6.45) is 4.11. The molecule has 4 rings (SSSR count). The first-order valence-electron chi connectivity index (χ1n) is 10.4. The van der Waals surface area contributed by atoms with E-state index in [0.717, 1.165) is 50.8 Å². The van der Waals surface area contributed by atoms with Crippen LogP contribution in [0.1, 0.15) is 30.4 Å². The second-order valence-corrected chi connectivity index (χ2v) is 7.71. The molecule has 0 atom stereocenters. The maximum Gasteiger partial charge on any atom is 0.0594 e. The summed E-state index contributed by atoms with van der Waals surface area (Å²) in [5, 5.41) is 0. The smallest absolute Gasteiger partial charge is 0.0594 e. The lowest BCUT2D eigenvalue weighted by Gasteiger charge is -2.26. The molecule has 2 aromatic rings. The minimum atomic E-state index is 0.829. The van der Waals surface area contributed by atoms with Gasteiger partial charge in [-0.25, -0.2) is 0 Å². The maximum absolute atomic E-state index is 5.65. The Balaban J connectivity index is 0.000000161. The van der Waals surface area contributed by atoms with Crippen molar-refractivity contribution in [3.63, 3.8) is 0 Å². The molecule has 2 aliphatic rings. The zero-order valence-electron chi connectivity index (χ0n) is 16.9. The molecule has 0 saturated carbocycles. The van der Waals surface area contributed by atoms with Crippen molar-refractivity contribution in [3.05, 3.63) is 59.7 Å². The second-order valence-electron chi connectivity index (χ2n) is 7.71. The van der Waals surface area contributed by atoms with Crippen molar-refractivity contribution in [1.82, 2.24) is 9.80 Å². The zero-order valence-corrected chi connectivity index (χ0v) is 16.9. The van der Waals surface area contributed by atoms with Crippen molar-refractivity contribution in [2.45, 2.75) is 32.4 Å². The largest absolute Gasteiger partial charge is 0.399 e. The van der Waals surface area contributed by atoms with Crippen LogP contribution < -0.4 is 11.5 Å². The average Bonchev–Trinajstić information content (AvgIpc) is 2.74. The molecule has 0 spiro atoms. The lowest BCUT2D eigenvalue weighted by Crippen LogP contribution is -2.35. The number of nitrogens with two attached hydrogens (primary N) is 2. The number of rotatable bonds is 4. The Kier molecular flexibility index (Phi) is 8.15. The SMILES string of the molecule is Nc1ccc(CN2CCCCC2)cc1.Nc1ccc(CN2CCOCC2)cc1. The fraction of sp³-hybridized carbons (Fsp3) is 0.478. The van der Waals surface area contributed by atoms with Gasteiger partial charge in [0.1, 0.15) is 0 Å². The maximum atomic E-state index is 5.65. The summed E-state index contributed by atoms with van der Waals surface area (Å²) in [5.41, 5.74) is 15.7. The molecule has 2 aromatic carbocycles. The Morgan fingerprint density at radius 3 is 1.50 bits per heavy atom. The molecule has 0 aromatic heterocycles. The van der Waals surface area contributed by atoms with Gasteiger partial charge in [0.05, 0.1) is 13.2 Å². The van der Waals surface area contributed by atoms with Gasteiger partial charge in [0, 0.05) is 37.6 Å². The van der Waals surface area contributed by atoms with Crippen LogP contribution in [0, 0.1) is 0 Å². The van der Waals surface area contributed by atoms with Crippen LogP contribution in [0.25, 0.3) is 0 Å². The molecule has 152 valence electrons. The number of nitrogens with zero attached hydrogens (tertiary/aromatic N) is 2. The molecule has 0 amide bonds. The highest BCUT2D eigenvalue weighted by Crippen LogP contribution is 2.14. The molecule has 5 heteroatoms. The third-order valence-electron chi connectivity index (χ3n) is 5.32. The van der Waals surface area contributed by atoms with Crippen molar-refractivity contribution in [1.29, 1.82) is 0 Å². The molecule has 5 nitrogen and oxygen atoms in total. The monoisotopic (exact) mass is 382 g/mol. The van der Waals surface area contributed by atoms with Crippen LogP contribution in [0.15, 0.2) is 48.5 Å². The van der Waals surface area contributed by atoms with E-state index in [1.807, 2.05) is 24.3 Å². The van der Waals surface area contributed by atoms with Crippen molar-refractivity contribution in [2.24, 2.45) is 0 Å². The van der Waals surface area contributed by atoms with Crippen LogP contribution in [0.2, 0.25) is 0 Å². The first-order chi connectivity index (χ1) is 13.7. The standard InChI is InChI=1S/C12H18N2.C11H16N2O/c13-12-6-4-11(5-7-12)10-14-8-2-1-3-9-14;12-11-3-1-10(2-4-11)9-13-5-7-14-8-6-13/h4-7H,1-3,8-10,13H2;1-4H,5-9,12H2. The second kappa shape index (κ2) is 11.1. The molecular formula is C23H34N4O. The number of benzene rings is 2. The summed E-state index contributed by atoms with van der Waals surface area (Å²) in [6.45, 7) is 8.37. The van der Waals surface area contributed by atoms with Gasteiger partial charge in [-0.3, -0.25) is 9.80 Å². The van der Waals surface area contributed by atoms with E-state index in [1.54, 1.807) is 0 Å². The van der Waals surface area contributed by atoms with Crippen molar-refractivity contribution in [2.75, 3.05) is 50.9 Å². The van der Waals surface area contributed by atoms with Crippen LogP contribution in [0.5, 0.6) is 0 Å². The Hall–Kier alpha value is -2.08. The minimum absolute atomic E-state index is 0.829. The molecule has 0 unspecified atom stereocenters. The van der Waals surface area contributed by atoms with Gasteiger partial charge in [0.2, 0.25) is 0 Å². The molecule has 0 radical (unpaired) electrons. The number of anilines is 2. The fourth-order valence-corrected chi connectivity index (χ4v) is 3.64. The molecule has 0 aliphatic carbocycles. The van der Waals surface area contributed by atoms with E-state index in [1.165, 1.54) is 43.5 Å². The number of hydrogen-bond acceptors (Lipinski definition) is 5. The van der Waals surface area contributed by atoms with Gasteiger partial charge in [-0.1, -0.05) is 30.7 Å². The van der Waals surface area contributed by atoms with Gasteiger partial charge in [-0.15, -0.1) is 0 Å². The third-order valence-corrected chi connectivity index (χ3v) is 5.32. The van der Waals surface area contributed by atoms with Crippen molar-refractivity contribution in [3.8, 4) is 0 Å². The highest BCUT2D eigenvalue weighted by atomic mass is 16.5. The van der Waals surface area contributed by atoms with Crippen LogP contribution in [-0.4, -0.2) is 49.2 Å². The number of nitrogen functional groups attached to an aromatic ring is 2. The van der Waals surface area contributed by atoms with Crippen LogP contribution in [-0.2, 0) is 17.8 Å². The van der Waals surface area contributed by atoms with E-state index in [0.29, 0.717) is 0 Å². The van der Waals surface area contributed by atoms with E-state index >= 15 is 0 Å². The molecule has 2 saturated heterocycles. The molecule has 2 heterocycles. The zero-order chi connectivity index (χ0) is 19.6. The molecular weight excluding hydrogens is 348 g/mol. The topological polar surface area (TPSA) is 67.8 Å². The van der Waals surface area contributed by atoms with E-state index in [2.05, 4.69) is 34.1 Å². The van der Waals surface area contributed by atoms with Gasteiger partial charge in [0.15, 0.2) is 0 Å². The van der Waals surface area contributed by atoms with Gasteiger partial charge < -0.3 is 16.2 Å². The van der Waals surface area contributed by atoms with Crippen LogP contribution in [0.3, 0.4) is 0 Å². The van der Waals surface area contributed by atoms with Crippen LogP contribution >= 0.6 is 0 Å². The third kappa shape index (κ3) is 7.15. The molecule has 0 bridgehead atoms. The van der Waals surface area contributed by atoms with Crippen molar-refractivity contribution < 1.29 is 4.74 Å². The Morgan fingerprint density at radius 1 is 0.607 bits per heavy atom. The number of likely N-dealkylation sites (tertiary alicyclic amines) is 1. The van der Waals surface area contributed by atoms with Gasteiger partial charge in [-0.05, 0) is 61.3 Å². The number of morpholine rings is 1. The quantitative estimate of drug-likeness (QED) is 0.794.